The number of aliphatic hydroxyl groups is 1. The summed E-state index contributed by atoms with van der Waals surface area (Å²) in [4.78, 5) is 30.7. The summed E-state index contributed by atoms with van der Waals surface area (Å²) in [5.41, 5.74) is 1.30. The fraction of sp³-hybridized carbons (Fsp3) is 0.333. The minimum atomic E-state index is -0.495. The van der Waals surface area contributed by atoms with Crippen LogP contribution in [0.4, 0.5) is 15.9 Å². The van der Waals surface area contributed by atoms with Gasteiger partial charge < -0.3 is 10.4 Å². The van der Waals surface area contributed by atoms with Gasteiger partial charge in [0.2, 0.25) is 0 Å². The van der Waals surface area contributed by atoms with Crippen molar-refractivity contribution in [3.8, 4) is 0 Å². The lowest BCUT2D eigenvalue weighted by molar-refractivity contribution is -0.132. The van der Waals surface area contributed by atoms with Crippen LogP contribution in [0.5, 0.6) is 0 Å². The number of hydrogen-bond acceptors (Lipinski definition) is 5. The maximum atomic E-state index is 14.1. The second-order valence-corrected chi connectivity index (χ2v) is 6.01. The molecule has 0 saturated heterocycles. The van der Waals surface area contributed by atoms with Gasteiger partial charge in [0.25, 0.3) is 11.5 Å². The molecule has 0 aliphatic carbocycles. The summed E-state index contributed by atoms with van der Waals surface area (Å²) < 4.78 is 15.4. The average Bonchev–Trinajstić information content (AvgIpc) is 2.64. The quantitative estimate of drug-likeness (QED) is 0.843. The number of hydroxylamine groups is 2. The summed E-state index contributed by atoms with van der Waals surface area (Å²) in [6.07, 6.45) is 0.431. The van der Waals surface area contributed by atoms with Crippen LogP contribution in [0, 0.1) is 12.7 Å². The number of fused-ring (bicyclic) bond motifs is 1. The molecule has 0 atom stereocenters. The molecule has 2 N–H and O–H groups in total. The van der Waals surface area contributed by atoms with E-state index in [0.717, 1.165) is 5.06 Å². The first-order chi connectivity index (χ1) is 12.5. The molecule has 1 aromatic carbocycles. The Hall–Kier alpha value is -2.71. The number of benzene rings is 1. The Balaban J connectivity index is 2.13. The predicted octanol–water partition coefficient (Wildman–Crippen LogP) is 1.50. The summed E-state index contributed by atoms with van der Waals surface area (Å²) >= 11 is 0. The van der Waals surface area contributed by atoms with Crippen LogP contribution >= 0.6 is 0 Å². The predicted molar refractivity (Wildman–Crippen MR) is 93.9 cm³/mol. The minimum Gasteiger partial charge on any atom is -0.394 e. The molecule has 1 amide bonds. The third-order valence-corrected chi connectivity index (χ3v) is 4.42. The van der Waals surface area contributed by atoms with E-state index in [2.05, 4.69) is 5.32 Å². The van der Waals surface area contributed by atoms with Crippen molar-refractivity contribution in [2.75, 3.05) is 25.1 Å². The number of amides is 1. The molecule has 1 aliphatic rings. The Labute approximate surface area is 149 Å². The number of para-hydroxylation sites is 1. The number of rotatable bonds is 5. The fourth-order valence-corrected chi connectivity index (χ4v) is 3.07. The van der Waals surface area contributed by atoms with Crippen molar-refractivity contribution in [1.82, 2.24) is 9.63 Å². The zero-order valence-corrected chi connectivity index (χ0v) is 14.6. The van der Waals surface area contributed by atoms with Gasteiger partial charge >= 0.3 is 0 Å². The number of carbonyl (C=O) groups is 1. The van der Waals surface area contributed by atoms with E-state index in [1.54, 1.807) is 19.1 Å². The zero-order chi connectivity index (χ0) is 18.8. The molecule has 2 heterocycles. The summed E-state index contributed by atoms with van der Waals surface area (Å²) in [7, 11) is 1.53. The standard InChI is InChI=1S/C18H20FN3O4/c1-11-12-7-8-22(26-10-9-23)18(25)15(12)16(21(2)17(11)24)20-14-6-4-3-5-13(14)19/h3-6,20,23H,7-10H2,1-2H3. The highest BCUT2D eigenvalue weighted by Gasteiger charge is 2.32. The Morgan fingerprint density at radius 1 is 1.31 bits per heavy atom. The van der Waals surface area contributed by atoms with Crippen molar-refractivity contribution in [3.05, 3.63) is 57.1 Å². The van der Waals surface area contributed by atoms with Gasteiger partial charge in [-0.2, -0.15) is 0 Å². The number of nitrogens with one attached hydrogen (secondary N) is 1. The van der Waals surface area contributed by atoms with E-state index in [1.165, 1.54) is 23.7 Å². The van der Waals surface area contributed by atoms with Crippen molar-refractivity contribution in [2.45, 2.75) is 13.3 Å². The lowest BCUT2D eigenvalue weighted by Crippen LogP contribution is -2.41. The molecule has 7 nitrogen and oxygen atoms in total. The molecule has 0 saturated carbocycles. The Morgan fingerprint density at radius 3 is 2.73 bits per heavy atom. The molecule has 0 spiro atoms. The highest BCUT2D eigenvalue weighted by atomic mass is 19.1. The zero-order valence-electron chi connectivity index (χ0n) is 14.6. The van der Waals surface area contributed by atoms with Crippen LogP contribution in [0.15, 0.2) is 29.1 Å². The maximum absolute atomic E-state index is 14.1. The number of nitrogens with zero attached hydrogens (tertiary/aromatic N) is 2. The average molecular weight is 361 g/mol. The van der Waals surface area contributed by atoms with Crippen molar-refractivity contribution < 1.29 is 19.1 Å². The molecular weight excluding hydrogens is 341 g/mol. The van der Waals surface area contributed by atoms with E-state index in [9.17, 15) is 14.0 Å². The molecular formula is C18H20FN3O4. The highest BCUT2D eigenvalue weighted by Crippen LogP contribution is 2.30. The highest BCUT2D eigenvalue weighted by molar-refractivity contribution is 6.01. The van der Waals surface area contributed by atoms with Crippen LogP contribution < -0.4 is 10.9 Å². The summed E-state index contributed by atoms with van der Waals surface area (Å²) in [5.74, 6) is -0.717. The van der Waals surface area contributed by atoms with E-state index in [4.69, 9.17) is 9.94 Å². The van der Waals surface area contributed by atoms with Crippen molar-refractivity contribution in [2.24, 2.45) is 7.05 Å². The molecule has 2 aromatic rings. The largest absolute Gasteiger partial charge is 0.394 e. The van der Waals surface area contributed by atoms with Crippen LogP contribution in [0.25, 0.3) is 0 Å². The van der Waals surface area contributed by atoms with Gasteiger partial charge in [-0.1, -0.05) is 12.1 Å². The molecule has 26 heavy (non-hydrogen) atoms. The molecule has 0 fully saturated rings. The number of aromatic nitrogens is 1. The number of aliphatic hydroxyl groups excluding tert-OH is 1. The number of carbonyl (C=O) groups excluding carboxylic acids is 1. The van der Waals surface area contributed by atoms with Gasteiger partial charge in [0.1, 0.15) is 11.6 Å². The molecule has 0 unspecified atom stereocenters. The molecule has 8 heteroatoms. The molecule has 0 radical (unpaired) electrons. The van der Waals surface area contributed by atoms with Gasteiger partial charge in [-0.25, -0.2) is 9.45 Å². The van der Waals surface area contributed by atoms with Crippen LogP contribution in [0.2, 0.25) is 0 Å². The Morgan fingerprint density at radius 2 is 2.04 bits per heavy atom. The first-order valence-corrected chi connectivity index (χ1v) is 8.25. The first-order valence-electron chi connectivity index (χ1n) is 8.25. The number of pyridine rings is 1. The van der Waals surface area contributed by atoms with Crippen LogP contribution in [-0.2, 0) is 18.3 Å². The molecule has 3 rings (SSSR count). The summed E-state index contributed by atoms with van der Waals surface area (Å²) in [6.45, 7) is 1.72. The number of hydrogen-bond donors (Lipinski definition) is 2. The second-order valence-electron chi connectivity index (χ2n) is 6.01. The van der Waals surface area contributed by atoms with Gasteiger partial charge in [0.05, 0.1) is 31.0 Å². The summed E-state index contributed by atoms with van der Waals surface area (Å²) in [5, 5.41) is 13.0. The van der Waals surface area contributed by atoms with Crippen molar-refractivity contribution >= 4 is 17.4 Å². The Bertz CT molecular complexity index is 910. The van der Waals surface area contributed by atoms with E-state index in [1.807, 2.05) is 0 Å². The van der Waals surface area contributed by atoms with E-state index in [-0.39, 0.29) is 42.4 Å². The molecule has 0 bridgehead atoms. The van der Waals surface area contributed by atoms with Gasteiger partial charge in [0, 0.05) is 12.6 Å². The number of anilines is 2. The normalized spacial score (nSPS) is 13.7. The summed E-state index contributed by atoms with van der Waals surface area (Å²) in [6, 6.07) is 6.03. The van der Waals surface area contributed by atoms with Gasteiger partial charge in [-0.05, 0) is 31.0 Å². The van der Waals surface area contributed by atoms with Gasteiger partial charge in [-0.3, -0.25) is 19.0 Å². The van der Waals surface area contributed by atoms with Crippen LogP contribution in [-0.4, -0.2) is 40.4 Å². The van der Waals surface area contributed by atoms with Gasteiger partial charge in [0.15, 0.2) is 0 Å². The van der Waals surface area contributed by atoms with Crippen molar-refractivity contribution in [1.29, 1.82) is 0 Å². The topological polar surface area (TPSA) is 83.8 Å². The second kappa shape index (κ2) is 7.27. The van der Waals surface area contributed by atoms with Gasteiger partial charge in [-0.15, -0.1) is 0 Å². The molecule has 1 aromatic heterocycles. The third-order valence-electron chi connectivity index (χ3n) is 4.42. The van der Waals surface area contributed by atoms with Crippen LogP contribution in [0.3, 0.4) is 0 Å². The minimum absolute atomic E-state index is 0.0120. The molecule has 138 valence electrons. The fourth-order valence-electron chi connectivity index (χ4n) is 3.07. The SMILES string of the molecule is Cc1c2c(c(Nc3ccccc3F)n(C)c1=O)C(=O)N(OCCO)CC2. The smallest absolute Gasteiger partial charge is 0.281 e. The Kier molecular flexibility index (Phi) is 5.06. The lowest BCUT2D eigenvalue weighted by Gasteiger charge is -2.30. The first kappa shape index (κ1) is 18.1. The molecule has 1 aliphatic heterocycles. The lowest BCUT2D eigenvalue weighted by atomic mass is 9.96. The number of halogens is 1. The van der Waals surface area contributed by atoms with E-state index >= 15 is 0 Å². The van der Waals surface area contributed by atoms with E-state index in [0.29, 0.717) is 17.5 Å². The van der Waals surface area contributed by atoms with Crippen molar-refractivity contribution in [3.63, 3.8) is 0 Å². The van der Waals surface area contributed by atoms with E-state index < -0.39 is 11.7 Å². The monoisotopic (exact) mass is 361 g/mol. The van der Waals surface area contributed by atoms with Crippen LogP contribution in [0.1, 0.15) is 21.5 Å². The third kappa shape index (κ3) is 3.09. The maximum Gasteiger partial charge on any atom is 0.281 e.